The van der Waals surface area contributed by atoms with Crippen LogP contribution in [-0.2, 0) is 4.74 Å². The molecular weight excluding hydrogens is 216 g/mol. The van der Waals surface area contributed by atoms with Crippen molar-refractivity contribution in [2.24, 2.45) is 0 Å². The summed E-state index contributed by atoms with van der Waals surface area (Å²) >= 11 is 0. The molecule has 0 aromatic heterocycles. The fourth-order valence-electron chi connectivity index (χ4n) is 1.66. The summed E-state index contributed by atoms with van der Waals surface area (Å²) in [4.78, 5) is 12.0. The SMILES string of the molecule is CCOC(C)C(=O)c1cccc(OC2CC2)c1. The molecule has 1 fully saturated rings. The number of rotatable bonds is 6. The van der Waals surface area contributed by atoms with E-state index in [0.717, 1.165) is 18.6 Å². The molecule has 92 valence electrons. The van der Waals surface area contributed by atoms with E-state index in [-0.39, 0.29) is 5.78 Å². The van der Waals surface area contributed by atoms with Crippen molar-refractivity contribution in [1.29, 1.82) is 0 Å². The van der Waals surface area contributed by atoms with Crippen LogP contribution in [0.2, 0.25) is 0 Å². The van der Waals surface area contributed by atoms with Crippen LogP contribution < -0.4 is 4.74 Å². The highest BCUT2D eigenvalue weighted by atomic mass is 16.5. The van der Waals surface area contributed by atoms with Crippen LogP contribution in [0.15, 0.2) is 24.3 Å². The Labute approximate surface area is 102 Å². The highest BCUT2D eigenvalue weighted by Gasteiger charge is 2.24. The average molecular weight is 234 g/mol. The fourth-order valence-corrected chi connectivity index (χ4v) is 1.66. The zero-order valence-electron chi connectivity index (χ0n) is 10.3. The van der Waals surface area contributed by atoms with Crippen LogP contribution in [0, 0.1) is 0 Å². The maximum atomic E-state index is 12.0. The van der Waals surface area contributed by atoms with Gasteiger partial charge in [0.15, 0.2) is 5.78 Å². The van der Waals surface area contributed by atoms with Crippen molar-refractivity contribution in [1.82, 2.24) is 0 Å². The smallest absolute Gasteiger partial charge is 0.191 e. The largest absolute Gasteiger partial charge is 0.490 e. The molecular formula is C14H18O3. The Hall–Kier alpha value is -1.35. The van der Waals surface area contributed by atoms with E-state index in [2.05, 4.69) is 0 Å². The molecule has 0 heterocycles. The molecule has 0 saturated heterocycles. The van der Waals surface area contributed by atoms with E-state index in [1.165, 1.54) is 0 Å². The zero-order valence-corrected chi connectivity index (χ0v) is 10.3. The van der Waals surface area contributed by atoms with Crippen molar-refractivity contribution in [2.45, 2.75) is 38.9 Å². The van der Waals surface area contributed by atoms with Crippen LogP contribution in [0.3, 0.4) is 0 Å². The van der Waals surface area contributed by atoms with E-state index in [9.17, 15) is 4.79 Å². The minimum atomic E-state index is -0.392. The van der Waals surface area contributed by atoms with Gasteiger partial charge in [-0.25, -0.2) is 0 Å². The van der Waals surface area contributed by atoms with Gasteiger partial charge in [0, 0.05) is 12.2 Å². The Kier molecular flexibility index (Phi) is 3.79. The third-order valence-electron chi connectivity index (χ3n) is 2.73. The minimum Gasteiger partial charge on any atom is -0.490 e. The lowest BCUT2D eigenvalue weighted by Gasteiger charge is -2.11. The van der Waals surface area contributed by atoms with Crippen molar-refractivity contribution in [3.63, 3.8) is 0 Å². The summed E-state index contributed by atoms with van der Waals surface area (Å²) in [5.74, 6) is 0.787. The molecule has 1 unspecified atom stereocenters. The highest BCUT2D eigenvalue weighted by Crippen LogP contribution is 2.27. The monoisotopic (exact) mass is 234 g/mol. The first kappa shape index (κ1) is 12.1. The number of hydrogen-bond donors (Lipinski definition) is 0. The molecule has 0 radical (unpaired) electrons. The number of carbonyl (C=O) groups excluding carboxylic acids is 1. The van der Waals surface area contributed by atoms with Crippen molar-refractivity contribution in [2.75, 3.05) is 6.61 Å². The normalized spacial score (nSPS) is 16.6. The van der Waals surface area contributed by atoms with Gasteiger partial charge in [0.2, 0.25) is 0 Å². The zero-order chi connectivity index (χ0) is 12.3. The average Bonchev–Trinajstić information content (AvgIpc) is 3.12. The van der Waals surface area contributed by atoms with Crippen molar-refractivity contribution in [3.8, 4) is 5.75 Å². The molecule has 1 atom stereocenters. The van der Waals surface area contributed by atoms with Crippen molar-refractivity contribution < 1.29 is 14.3 Å². The van der Waals surface area contributed by atoms with Gasteiger partial charge in [-0.15, -0.1) is 0 Å². The maximum absolute atomic E-state index is 12.0. The summed E-state index contributed by atoms with van der Waals surface area (Å²) in [6.45, 7) is 4.21. The molecule has 1 aromatic carbocycles. The van der Waals surface area contributed by atoms with Gasteiger partial charge in [-0.3, -0.25) is 4.79 Å². The van der Waals surface area contributed by atoms with Crippen molar-refractivity contribution >= 4 is 5.78 Å². The van der Waals surface area contributed by atoms with Gasteiger partial charge in [-0.05, 0) is 38.8 Å². The Bertz CT molecular complexity index is 396. The number of benzene rings is 1. The third kappa shape index (κ3) is 3.30. The van der Waals surface area contributed by atoms with Crippen LogP contribution in [-0.4, -0.2) is 24.6 Å². The number of ketones is 1. The third-order valence-corrected chi connectivity index (χ3v) is 2.73. The number of Topliss-reactive ketones (excluding diaryl/α,β-unsaturated/α-hetero) is 1. The lowest BCUT2D eigenvalue weighted by atomic mass is 10.1. The first-order valence-electron chi connectivity index (χ1n) is 6.13. The lowest BCUT2D eigenvalue weighted by Crippen LogP contribution is -2.20. The summed E-state index contributed by atoms with van der Waals surface area (Å²) < 4.78 is 11.0. The van der Waals surface area contributed by atoms with Gasteiger partial charge in [-0.1, -0.05) is 12.1 Å². The van der Waals surface area contributed by atoms with Gasteiger partial charge in [0.1, 0.15) is 11.9 Å². The molecule has 1 aliphatic rings. The highest BCUT2D eigenvalue weighted by molar-refractivity contribution is 5.99. The van der Waals surface area contributed by atoms with E-state index in [0.29, 0.717) is 18.3 Å². The number of carbonyl (C=O) groups is 1. The van der Waals surface area contributed by atoms with E-state index in [1.807, 2.05) is 19.1 Å². The second-order valence-electron chi connectivity index (χ2n) is 4.31. The Morgan fingerprint density at radius 3 is 2.88 bits per heavy atom. The molecule has 0 aliphatic heterocycles. The Morgan fingerprint density at radius 1 is 1.47 bits per heavy atom. The lowest BCUT2D eigenvalue weighted by molar-refractivity contribution is 0.0520. The number of hydrogen-bond acceptors (Lipinski definition) is 3. The van der Waals surface area contributed by atoms with Crippen LogP contribution in [0.25, 0.3) is 0 Å². The van der Waals surface area contributed by atoms with Gasteiger partial charge < -0.3 is 9.47 Å². The van der Waals surface area contributed by atoms with E-state index < -0.39 is 6.10 Å². The van der Waals surface area contributed by atoms with Crippen LogP contribution in [0.4, 0.5) is 0 Å². The molecule has 3 nitrogen and oxygen atoms in total. The molecule has 1 aliphatic carbocycles. The Morgan fingerprint density at radius 2 is 2.24 bits per heavy atom. The predicted molar refractivity (Wildman–Crippen MR) is 65.5 cm³/mol. The predicted octanol–water partition coefficient (Wildman–Crippen LogP) is 2.84. The molecule has 1 aromatic rings. The molecule has 0 bridgehead atoms. The Balaban J connectivity index is 2.05. The first-order chi connectivity index (χ1) is 8.20. The summed E-state index contributed by atoms with van der Waals surface area (Å²) in [5.41, 5.74) is 0.657. The minimum absolute atomic E-state index is 0.00750. The second-order valence-corrected chi connectivity index (χ2v) is 4.31. The molecule has 17 heavy (non-hydrogen) atoms. The molecule has 3 heteroatoms. The maximum Gasteiger partial charge on any atom is 0.191 e. The second kappa shape index (κ2) is 5.32. The van der Waals surface area contributed by atoms with E-state index in [4.69, 9.17) is 9.47 Å². The summed E-state index contributed by atoms with van der Waals surface area (Å²) in [7, 11) is 0. The molecule has 0 N–H and O–H groups in total. The summed E-state index contributed by atoms with van der Waals surface area (Å²) in [6, 6.07) is 7.35. The van der Waals surface area contributed by atoms with Crippen LogP contribution >= 0.6 is 0 Å². The van der Waals surface area contributed by atoms with Gasteiger partial charge in [0.05, 0.1) is 6.10 Å². The fraction of sp³-hybridized carbons (Fsp3) is 0.500. The van der Waals surface area contributed by atoms with Gasteiger partial charge in [-0.2, -0.15) is 0 Å². The van der Waals surface area contributed by atoms with Gasteiger partial charge in [0.25, 0.3) is 0 Å². The molecule has 2 rings (SSSR count). The van der Waals surface area contributed by atoms with Crippen molar-refractivity contribution in [3.05, 3.63) is 29.8 Å². The van der Waals surface area contributed by atoms with E-state index >= 15 is 0 Å². The summed E-state index contributed by atoms with van der Waals surface area (Å²) in [5, 5.41) is 0. The van der Waals surface area contributed by atoms with Crippen LogP contribution in [0.1, 0.15) is 37.0 Å². The number of ether oxygens (including phenoxy) is 2. The molecule has 0 amide bonds. The first-order valence-corrected chi connectivity index (χ1v) is 6.13. The van der Waals surface area contributed by atoms with Gasteiger partial charge >= 0.3 is 0 Å². The molecule has 1 saturated carbocycles. The molecule has 0 spiro atoms. The van der Waals surface area contributed by atoms with Crippen LogP contribution in [0.5, 0.6) is 5.75 Å². The topological polar surface area (TPSA) is 35.5 Å². The quantitative estimate of drug-likeness (QED) is 0.710. The standard InChI is InChI=1S/C14H18O3/c1-3-16-10(2)14(15)11-5-4-6-13(9-11)17-12-7-8-12/h4-6,9-10,12H,3,7-8H2,1-2H3. The van der Waals surface area contributed by atoms with E-state index in [1.54, 1.807) is 19.1 Å². The summed E-state index contributed by atoms with van der Waals surface area (Å²) in [6.07, 6.45) is 2.20.